The van der Waals surface area contributed by atoms with Gasteiger partial charge in [0.05, 0.1) is 11.7 Å². The van der Waals surface area contributed by atoms with Crippen LogP contribution in [0.5, 0.6) is 0 Å². The van der Waals surface area contributed by atoms with E-state index >= 15 is 0 Å². The molecule has 0 aliphatic carbocycles. The van der Waals surface area contributed by atoms with Crippen LogP contribution in [0.25, 0.3) is 5.82 Å². The average Bonchev–Trinajstić information content (AvgIpc) is 3.18. The number of hydrogen-bond donors (Lipinski definition) is 1. The van der Waals surface area contributed by atoms with E-state index in [0.29, 0.717) is 0 Å². The molecule has 0 spiro atoms. The van der Waals surface area contributed by atoms with Crippen molar-refractivity contribution in [1.29, 1.82) is 0 Å². The van der Waals surface area contributed by atoms with Crippen molar-refractivity contribution in [1.82, 2.24) is 19.7 Å². The van der Waals surface area contributed by atoms with Crippen molar-refractivity contribution >= 4 is 17.0 Å². The first-order chi connectivity index (χ1) is 9.88. The van der Waals surface area contributed by atoms with Gasteiger partial charge < -0.3 is 5.32 Å². The van der Waals surface area contributed by atoms with E-state index in [1.54, 1.807) is 28.5 Å². The van der Waals surface area contributed by atoms with Gasteiger partial charge in [0, 0.05) is 11.1 Å². The molecule has 6 heteroatoms. The molecule has 5 nitrogen and oxygen atoms in total. The SMILES string of the molecule is CCC(Nc1cccnc1-n1cncn1)c1cccs1. The summed E-state index contributed by atoms with van der Waals surface area (Å²) in [5.74, 6) is 0.764. The molecule has 0 amide bonds. The van der Waals surface area contributed by atoms with Crippen molar-refractivity contribution < 1.29 is 0 Å². The van der Waals surface area contributed by atoms with Gasteiger partial charge in [-0.25, -0.2) is 14.6 Å². The van der Waals surface area contributed by atoms with Crippen molar-refractivity contribution in [3.63, 3.8) is 0 Å². The van der Waals surface area contributed by atoms with Gasteiger partial charge in [-0.2, -0.15) is 5.10 Å². The van der Waals surface area contributed by atoms with Crippen molar-refractivity contribution in [2.45, 2.75) is 19.4 Å². The van der Waals surface area contributed by atoms with Crippen molar-refractivity contribution in [2.75, 3.05) is 5.32 Å². The van der Waals surface area contributed by atoms with Crippen molar-refractivity contribution in [3.8, 4) is 5.82 Å². The van der Waals surface area contributed by atoms with Crippen LogP contribution >= 0.6 is 11.3 Å². The topological polar surface area (TPSA) is 55.6 Å². The molecule has 3 aromatic heterocycles. The number of nitrogens with one attached hydrogen (secondary N) is 1. The van der Waals surface area contributed by atoms with Gasteiger partial charge in [0.15, 0.2) is 5.82 Å². The van der Waals surface area contributed by atoms with E-state index in [-0.39, 0.29) is 6.04 Å². The molecule has 1 unspecified atom stereocenters. The van der Waals surface area contributed by atoms with Gasteiger partial charge in [-0.3, -0.25) is 0 Å². The lowest BCUT2D eigenvalue weighted by Crippen LogP contribution is -2.11. The quantitative estimate of drug-likeness (QED) is 0.781. The van der Waals surface area contributed by atoms with Crippen LogP contribution in [0.3, 0.4) is 0 Å². The molecule has 3 rings (SSSR count). The monoisotopic (exact) mass is 285 g/mol. The lowest BCUT2D eigenvalue weighted by molar-refractivity contribution is 0.756. The zero-order valence-electron chi connectivity index (χ0n) is 11.1. The maximum atomic E-state index is 4.39. The summed E-state index contributed by atoms with van der Waals surface area (Å²) in [6.45, 7) is 2.17. The van der Waals surface area contributed by atoms with Gasteiger partial charge in [-0.15, -0.1) is 11.3 Å². The molecular weight excluding hydrogens is 270 g/mol. The van der Waals surface area contributed by atoms with Crippen molar-refractivity contribution in [3.05, 3.63) is 53.4 Å². The molecule has 0 bridgehead atoms. The molecule has 3 aromatic rings. The Hall–Kier alpha value is -2.21. The summed E-state index contributed by atoms with van der Waals surface area (Å²) in [5.41, 5.74) is 0.957. The second-order valence-electron chi connectivity index (χ2n) is 4.34. The zero-order valence-corrected chi connectivity index (χ0v) is 11.9. The van der Waals surface area contributed by atoms with Gasteiger partial charge >= 0.3 is 0 Å². The highest BCUT2D eigenvalue weighted by Crippen LogP contribution is 2.28. The Labute approximate surface area is 121 Å². The predicted molar refractivity (Wildman–Crippen MR) is 80.1 cm³/mol. The normalized spacial score (nSPS) is 12.2. The molecule has 20 heavy (non-hydrogen) atoms. The van der Waals surface area contributed by atoms with Crippen LogP contribution in [0.15, 0.2) is 48.5 Å². The van der Waals surface area contributed by atoms with Gasteiger partial charge in [0.2, 0.25) is 0 Å². The molecule has 0 saturated heterocycles. The van der Waals surface area contributed by atoms with Gasteiger partial charge in [0.1, 0.15) is 12.7 Å². The number of aromatic nitrogens is 4. The number of rotatable bonds is 5. The number of pyridine rings is 1. The standard InChI is InChI=1S/C14H15N5S/c1-2-11(13-6-4-8-20-13)18-12-5-3-7-16-14(12)19-10-15-9-17-19/h3-11,18H,2H2,1H3. The Morgan fingerprint density at radius 1 is 1.35 bits per heavy atom. The molecule has 1 N–H and O–H groups in total. The molecule has 0 aliphatic heterocycles. The number of thiophene rings is 1. The third-order valence-corrected chi connectivity index (χ3v) is 4.03. The lowest BCUT2D eigenvalue weighted by atomic mass is 10.2. The smallest absolute Gasteiger partial charge is 0.178 e. The van der Waals surface area contributed by atoms with Gasteiger partial charge in [0.25, 0.3) is 0 Å². The minimum atomic E-state index is 0.279. The first-order valence-electron chi connectivity index (χ1n) is 6.48. The van der Waals surface area contributed by atoms with E-state index in [2.05, 4.69) is 44.8 Å². The van der Waals surface area contributed by atoms with Crippen LogP contribution < -0.4 is 5.32 Å². The molecule has 0 fully saturated rings. The van der Waals surface area contributed by atoms with E-state index in [4.69, 9.17) is 0 Å². The summed E-state index contributed by atoms with van der Waals surface area (Å²) < 4.78 is 1.67. The summed E-state index contributed by atoms with van der Waals surface area (Å²) >= 11 is 1.76. The summed E-state index contributed by atoms with van der Waals surface area (Å²) in [5, 5.41) is 9.79. The van der Waals surface area contributed by atoms with Crippen molar-refractivity contribution in [2.24, 2.45) is 0 Å². The van der Waals surface area contributed by atoms with Crippen LogP contribution in [0.2, 0.25) is 0 Å². The molecule has 1 atom stereocenters. The molecular formula is C14H15N5S. The second kappa shape index (κ2) is 5.83. The van der Waals surface area contributed by atoms with E-state index in [0.717, 1.165) is 17.9 Å². The first-order valence-corrected chi connectivity index (χ1v) is 7.36. The Morgan fingerprint density at radius 2 is 2.30 bits per heavy atom. The maximum absolute atomic E-state index is 4.39. The second-order valence-corrected chi connectivity index (χ2v) is 5.31. The fourth-order valence-corrected chi connectivity index (χ4v) is 2.92. The van der Waals surface area contributed by atoms with E-state index in [1.165, 1.54) is 11.2 Å². The molecule has 0 radical (unpaired) electrons. The Balaban J connectivity index is 1.91. The first kappa shape index (κ1) is 12.8. The number of anilines is 1. The maximum Gasteiger partial charge on any atom is 0.178 e. The molecule has 0 aliphatic rings. The van der Waals surface area contributed by atoms with Crippen LogP contribution in [0.1, 0.15) is 24.3 Å². The van der Waals surface area contributed by atoms with Crippen LogP contribution in [0, 0.1) is 0 Å². The number of hydrogen-bond acceptors (Lipinski definition) is 5. The summed E-state index contributed by atoms with van der Waals surface area (Å²) in [7, 11) is 0. The third-order valence-electron chi connectivity index (χ3n) is 3.05. The van der Waals surface area contributed by atoms with Crippen LogP contribution in [-0.4, -0.2) is 19.7 Å². The molecule has 102 valence electrons. The van der Waals surface area contributed by atoms with E-state index < -0.39 is 0 Å². The van der Waals surface area contributed by atoms with E-state index in [1.807, 2.05) is 12.1 Å². The minimum Gasteiger partial charge on any atom is -0.374 e. The summed E-state index contributed by atoms with van der Waals surface area (Å²) in [6.07, 6.45) is 5.93. The highest BCUT2D eigenvalue weighted by atomic mass is 32.1. The van der Waals surface area contributed by atoms with Gasteiger partial charge in [-0.05, 0) is 30.0 Å². The molecule has 3 heterocycles. The fraction of sp³-hybridized carbons (Fsp3) is 0.214. The molecule has 0 saturated carbocycles. The zero-order chi connectivity index (χ0) is 13.8. The lowest BCUT2D eigenvalue weighted by Gasteiger charge is -2.18. The molecule has 0 aromatic carbocycles. The Kier molecular flexibility index (Phi) is 3.73. The minimum absolute atomic E-state index is 0.279. The Bertz CT molecular complexity index is 648. The van der Waals surface area contributed by atoms with E-state index in [9.17, 15) is 0 Å². The highest BCUT2D eigenvalue weighted by molar-refractivity contribution is 7.10. The highest BCUT2D eigenvalue weighted by Gasteiger charge is 2.13. The summed E-state index contributed by atoms with van der Waals surface area (Å²) in [4.78, 5) is 9.69. The fourth-order valence-electron chi connectivity index (χ4n) is 2.06. The average molecular weight is 285 g/mol. The van der Waals surface area contributed by atoms with Crippen LogP contribution in [-0.2, 0) is 0 Å². The Morgan fingerprint density at radius 3 is 3.00 bits per heavy atom. The van der Waals surface area contributed by atoms with Crippen LogP contribution in [0.4, 0.5) is 5.69 Å². The predicted octanol–water partition coefficient (Wildman–Crippen LogP) is 3.29. The number of nitrogens with zero attached hydrogens (tertiary/aromatic N) is 4. The third kappa shape index (κ3) is 2.55. The summed E-state index contributed by atoms with van der Waals surface area (Å²) in [6, 6.07) is 8.44. The van der Waals surface area contributed by atoms with Gasteiger partial charge in [-0.1, -0.05) is 13.0 Å². The largest absolute Gasteiger partial charge is 0.374 e.